The highest BCUT2D eigenvalue weighted by molar-refractivity contribution is 5.67. The third-order valence-electron chi connectivity index (χ3n) is 6.18. The van der Waals surface area contributed by atoms with Gasteiger partial charge in [-0.15, -0.1) is 0 Å². The monoisotopic (exact) mass is 388 g/mol. The van der Waals surface area contributed by atoms with Gasteiger partial charge in [0.05, 0.1) is 0 Å². The maximum Gasteiger partial charge on any atom is 0.0400 e. The predicted octanol–water partition coefficient (Wildman–Crippen LogP) is 7.97. The summed E-state index contributed by atoms with van der Waals surface area (Å²) >= 11 is 0. The molecule has 0 saturated carbocycles. The largest absolute Gasteiger partial charge is 0.377 e. The molecule has 1 aromatic rings. The van der Waals surface area contributed by atoms with Crippen LogP contribution in [0.5, 0.6) is 0 Å². The Morgan fingerprint density at radius 2 is 0.964 bits per heavy atom. The number of hydrogen-bond acceptors (Lipinski definition) is 2. The molecule has 0 aliphatic carbocycles. The van der Waals surface area contributed by atoms with E-state index in [4.69, 9.17) is 0 Å². The van der Waals surface area contributed by atoms with Crippen LogP contribution in [0.25, 0.3) is 0 Å². The predicted molar refractivity (Wildman–Crippen MR) is 129 cm³/mol. The molecule has 1 rings (SSSR count). The summed E-state index contributed by atoms with van der Waals surface area (Å²) in [6.45, 7) is 9.42. The maximum atomic E-state index is 2.50. The molecule has 0 fully saturated rings. The van der Waals surface area contributed by atoms with Crippen molar-refractivity contribution < 1.29 is 0 Å². The SMILES string of the molecule is CCCCCCC(C)c1cc(N(C)C)c(C(C)CCCCCC)cc1N(C)C. The van der Waals surface area contributed by atoms with Gasteiger partial charge in [-0.25, -0.2) is 0 Å². The molecule has 2 unspecified atom stereocenters. The van der Waals surface area contributed by atoms with E-state index in [1.165, 1.54) is 86.7 Å². The Balaban J connectivity index is 3.09. The van der Waals surface area contributed by atoms with Crippen molar-refractivity contribution in [3.63, 3.8) is 0 Å². The van der Waals surface area contributed by atoms with Crippen LogP contribution in [0.2, 0.25) is 0 Å². The summed E-state index contributed by atoms with van der Waals surface area (Å²) in [5.41, 5.74) is 5.88. The molecule has 2 nitrogen and oxygen atoms in total. The van der Waals surface area contributed by atoms with Crippen molar-refractivity contribution in [3.8, 4) is 0 Å². The lowest BCUT2D eigenvalue weighted by molar-refractivity contribution is 0.575. The summed E-state index contributed by atoms with van der Waals surface area (Å²) in [6, 6.07) is 5.00. The molecule has 0 amide bonds. The summed E-state index contributed by atoms with van der Waals surface area (Å²) in [6.07, 6.45) is 13.4. The lowest BCUT2D eigenvalue weighted by atomic mass is 9.87. The molecule has 0 radical (unpaired) electrons. The van der Waals surface area contributed by atoms with Gasteiger partial charge in [-0.3, -0.25) is 0 Å². The van der Waals surface area contributed by atoms with E-state index in [2.05, 4.69) is 77.8 Å². The standard InChI is InChI=1S/C26H48N2/c1-9-11-13-15-17-21(3)23-19-26(28(7)8)24(20-25(23)27(5)6)22(4)18-16-14-12-10-2/h19-22H,9-18H2,1-8H3. The topological polar surface area (TPSA) is 6.48 Å². The number of nitrogens with zero attached hydrogens (tertiary/aromatic N) is 2. The molecule has 2 heteroatoms. The Labute approximate surface area is 176 Å². The van der Waals surface area contributed by atoms with Crippen LogP contribution in [0.1, 0.15) is 115 Å². The van der Waals surface area contributed by atoms with E-state index in [9.17, 15) is 0 Å². The minimum absolute atomic E-state index is 0.613. The van der Waals surface area contributed by atoms with Gasteiger partial charge in [-0.2, -0.15) is 0 Å². The fourth-order valence-corrected chi connectivity index (χ4v) is 4.24. The minimum atomic E-state index is 0.613. The molecule has 0 aromatic heterocycles. The molecule has 2 atom stereocenters. The maximum absolute atomic E-state index is 2.50. The summed E-state index contributed by atoms with van der Waals surface area (Å²) in [7, 11) is 8.81. The number of rotatable bonds is 14. The number of hydrogen-bond donors (Lipinski definition) is 0. The Bertz CT molecular complexity index is 498. The smallest absolute Gasteiger partial charge is 0.0400 e. The van der Waals surface area contributed by atoms with E-state index < -0.39 is 0 Å². The molecular weight excluding hydrogens is 340 g/mol. The molecule has 0 bridgehead atoms. The van der Waals surface area contributed by atoms with Gasteiger partial charge in [0, 0.05) is 39.6 Å². The molecule has 28 heavy (non-hydrogen) atoms. The number of anilines is 2. The van der Waals surface area contributed by atoms with E-state index in [1.807, 2.05) is 0 Å². The van der Waals surface area contributed by atoms with Crippen LogP contribution >= 0.6 is 0 Å². The van der Waals surface area contributed by atoms with Crippen LogP contribution < -0.4 is 9.80 Å². The second-order valence-electron chi connectivity index (χ2n) is 9.26. The zero-order valence-corrected chi connectivity index (χ0v) is 20.3. The number of unbranched alkanes of at least 4 members (excludes halogenated alkanes) is 6. The van der Waals surface area contributed by atoms with Gasteiger partial charge >= 0.3 is 0 Å². The van der Waals surface area contributed by atoms with Crippen molar-refractivity contribution >= 4 is 11.4 Å². The van der Waals surface area contributed by atoms with Gasteiger partial charge < -0.3 is 9.80 Å². The third kappa shape index (κ3) is 7.68. The second-order valence-corrected chi connectivity index (χ2v) is 9.26. The summed E-state index contributed by atoms with van der Waals surface area (Å²) in [5, 5.41) is 0. The van der Waals surface area contributed by atoms with E-state index in [0.29, 0.717) is 11.8 Å². The lowest BCUT2D eigenvalue weighted by Crippen LogP contribution is -2.18. The van der Waals surface area contributed by atoms with E-state index in [-0.39, 0.29) is 0 Å². The average molecular weight is 389 g/mol. The van der Waals surface area contributed by atoms with Gasteiger partial charge in [0.1, 0.15) is 0 Å². The van der Waals surface area contributed by atoms with Crippen LogP contribution in [-0.4, -0.2) is 28.2 Å². The Hall–Kier alpha value is -1.18. The first-order valence-electron chi connectivity index (χ1n) is 11.9. The summed E-state index contributed by atoms with van der Waals surface area (Å²) in [5.74, 6) is 1.23. The summed E-state index contributed by atoms with van der Waals surface area (Å²) in [4.78, 5) is 4.65. The molecular formula is C26H48N2. The first kappa shape index (κ1) is 24.9. The average Bonchev–Trinajstić information content (AvgIpc) is 2.67. The molecule has 0 saturated heterocycles. The Kier molecular flexibility index (Phi) is 11.6. The highest BCUT2D eigenvalue weighted by Gasteiger charge is 2.20. The highest BCUT2D eigenvalue weighted by Crippen LogP contribution is 2.39. The zero-order valence-electron chi connectivity index (χ0n) is 20.3. The molecule has 162 valence electrons. The van der Waals surface area contributed by atoms with Crippen molar-refractivity contribution in [2.75, 3.05) is 38.0 Å². The molecule has 1 aromatic carbocycles. The molecule has 0 N–H and O–H groups in total. The van der Waals surface area contributed by atoms with Gasteiger partial charge in [0.25, 0.3) is 0 Å². The Morgan fingerprint density at radius 1 is 0.607 bits per heavy atom. The first-order valence-corrected chi connectivity index (χ1v) is 11.9. The molecule has 0 aliphatic rings. The fraction of sp³-hybridized carbons (Fsp3) is 0.769. The van der Waals surface area contributed by atoms with Crippen LogP contribution in [0.3, 0.4) is 0 Å². The first-order chi connectivity index (χ1) is 13.3. The number of benzene rings is 1. The minimum Gasteiger partial charge on any atom is -0.377 e. The lowest BCUT2D eigenvalue weighted by Gasteiger charge is -2.29. The molecule has 0 spiro atoms. The fourth-order valence-electron chi connectivity index (χ4n) is 4.24. The van der Waals surface area contributed by atoms with Crippen LogP contribution in [0.4, 0.5) is 11.4 Å². The van der Waals surface area contributed by atoms with Crippen molar-refractivity contribution in [3.05, 3.63) is 23.3 Å². The van der Waals surface area contributed by atoms with Crippen LogP contribution in [0, 0.1) is 0 Å². The molecule has 0 heterocycles. The van der Waals surface area contributed by atoms with Crippen molar-refractivity contribution in [1.29, 1.82) is 0 Å². The van der Waals surface area contributed by atoms with Crippen molar-refractivity contribution in [2.45, 2.75) is 104 Å². The van der Waals surface area contributed by atoms with Crippen LogP contribution in [0.15, 0.2) is 12.1 Å². The normalized spacial score (nSPS) is 13.4. The van der Waals surface area contributed by atoms with Gasteiger partial charge in [0.15, 0.2) is 0 Å². The van der Waals surface area contributed by atoms with E-state index in [1.54, 1.807) is 0 Å². The Morgan fingerprint density at radius 3 is 1.25 bits per heavy atom. The van der Waals surface area contributed by atoms with E-state index in [0.717, 1.165) is 0 Å². The van der Waals surface area contributed by atoms with E-state index >= 15 is 0 Å². The second kappa shape index (κ2) is 13.1. The van der Waals surface area contributed by atoms with Gasteiger partial charge in [0.2, 0.25) is 0 Å². The summed E-state index contributed by atoms with van der Waals surface area (Å²) < 4.78 is 0. The van der Waals surface area contributed by atoms with Gasteiger partial charge in [-0.05, 0) is 47.9 Å². The third-order valence-corrected chi connectivity index (χ3v) is 6.18. The van der Waals surface area contributed by atoms with Gasteiger partial charge in [-0.1, -0.05) is 79.1 Å². The highest BCUT2D eigenvalue weighted by atomic mass is 15.1. The van der Waals surface area contributed by atoms with Crippen LogP contribution in [-0.2, 0) is 0 Å². The van der Waals surface area contributed by atoms with Crippen molar-refractivity contribution in [1.82, 2.24) is 0 Å². The zero-order chi connectivity index (χ0) is 21.1. The van der Waals surface area contributed by atoms with Crippen molar-refractivity contribution in [2.24, 2.45) is 0 Å². The molecule has 0 aliphatic heterocycles. The quantitative estimate of drug-likeness (QED) is 0.298.